The van der Waals surface area contributed by atoms with Crippen LogP contribution in [0.3, 0.4) is 0 Å². The van der Waals surface area contributed by atoms with Crippen LogP contribution in [0.4, 0.5) is 0 Å². The summed E-state index contributed by atoms with van der Waals surface area (Å²) in [5, 5.41) is 10.5. The maximum atomic E-state index is 3.98. The Morgan fingerprint density at radius 2 is 2.27 bits per heavy atom. The van der Waals surface area contributed by atoms with Crippen LogP contribution in [-0.2, 0) is 0 Å². The summed E-state index contributed by atoms with van der Waals surface area (Å²) in [4.78, 5) is 2.39. The van der Waals surface area contributed by atoms with Crippen molar-refractivity contribution >= 4 is 0 Å². The van der Waals surface area contributed by atoms with Crippen LogP contribution in [-0.4, -0.2) is 41.3 Å². The minimum atomic E-state index is 0.400. The van der Waals surface area contributed by atoms with E-state index in [4.69, 9.17) is 0 Å². The van der Waals surface area contributed by atoms with E-state index in [2.05, 4.69) is 34.4 Å². The number of nitrogens with one attached hydrogen (secondary N) is 2. The fourth-order valence-corrected chi connectivity index (χ4v) is 2.12. The van der Waals surface area contributed by atoms with Crippen LogP contribution < -0.4 is 5.32 Å². The zero-order chi connectivity index (χ0) is 10.7. The molecule has 0 radical (unpaired) electrons. The highest BCUT2D eigenvalue weighted by Crippen LogP contribution is 2.15. The molecular weight excluding hydrogens is 188 g/mol. The Morgan fingerprint density at radius 1 is 1.53 bits per heavy atom. The molecule has 1 aromatic heterocycles. The van der Waals surface area contributed by atoms with Crippen molar-refractivity contribution in [1.29, 1.82) is 0 Å². The average Bonchev–Trinajstić information content (AvgIpc) is 2.74. The van der Waals surface area contributed by atoms with E-state index in [1.54, 1.807) is 0 Å². The molecule has 1 atom stereocenters. The van der Waals surface area contributed by atoms with Crippen molar-refractivity contribution < 1.29 is 0 Å². The van der Waals surface area contributed by atoms with Gasteiger partial charge >= 0.3 is 0 Å². The van der Waals surface area contributed by atoms with Crippen molar-refractivity contribution in [2.45, 2.75) is 31.8 Å². The van der Waals surface area contributed by atoms with Gasteiger partial charge in [-0.1, -0.05) is 0 Å². The number of aromatic nitrogens is 2. The van der Waals surface area contributed by atoms with E-state index in [9.17, 15) is 0 Å². The molecule has 0 aromatic carbocycles. The highest BCUT2D eigenvalue weighted by Gasteiger charge is 2.18. The van der Waals surface area contributed by atoms with Gasteiger partial charge in [-0.2, -0.15) is 5.10 Å². The van der Waals surface area contributed by atoms with Crippen LogP contribution in [0.15, 0.2) is 12.4 Å². The zero-order valence-electron chi connectivity index (χ0n) is 9.53. The molecule has 1 aromatic rings. The van der Waals surface area contributed by atoms with E-state index in [0.29, 0.717) is 12.1 Å². The third kappa shape index (κ3) is 2.79. The average molecular weight is 208 g/mol. The maximum Gasteiger partial charge on any atom is 0.0534 e. The van der Waals surface area contributed by atoms with Crippen LogP contribution in [0.25, 0.3) is 0 Å². The van der Waals surface area contributed by atoms with E-state index in [0.717, 1.165) is 0 Å². The summed E-state index contributed by atoms with van der Waals surface area (Å²) in [6.07, 6.45) is 6.36. The van der Waals surface area contributed by atoms with E-state index in [-0.39, 0.29) is 0 Å². The first-order chi connectivity index (χ1) is 7.25. The molecule has 1 aliphatic heterocycles. The van der Waals surface area contributed by atoms with Crippen LogP contribution >= 0.6 is 0 Å². The van der Waals surface area contributed by atoms with Crippen LogP contribution in [0.2, 0.25) is 0 Å². The van der Waals surface area contributed by atoms with Gasteiger partial charge in [0.2, 0.25) is 0 Å². The largest absolute Gasteiger partial charge is 0.307 e. The number of piperidine rings is 1. The second-order valence-electron chi connectivity index (χ2n) is 4.50. The summed E-state index contributed by atoms with van der Waals surface area (Å²) < 4.78 is 0. The fourth-order valence-electron chi connectivity index (χ4n) is 2.12. The molecule has 0 amide bonds. The minimum Gasteiger partial charge on any atom is -0.307 e. The number of likely N-dealkylation sites (tertiary alicyclic amines) is 1. The third-order valence-electron chi connectivity index (χ3n) is 3.22. The molecule has 0 spiro atoms. The molecule has 1 unspecified atom stereocenters. The minimum absolute atomic E-state index is 0.400. The van der Waals surface area contributed by atoms with Gasteiger partial charge in [0, 0.05) is 23.8 Å². The lowest BCUT2D eigenvalue weighted by atomic mass is 10.0. The van der Waals surface area contributed by atoms with E-state index in [1.165, 1.54) is 31.5 Å². The zero-order valence-corrected chi connectivity index (χ0v) is 9.53. The molecule has 2 N–H and O–H groups in total. The molecule has 0 aliphatic carbocycles. The van der Waals surface area contributed by atoms with Gasteiger partial charge < -0.3 is 10.2 Å². The van der Waals surface area contributed by atoms with Gasteiger partial charge in [-0.15, -0.1) is 0 Å². The molecule has 2 heterocycles. The molecular formula is C11H20N4. The number of rotatable bonds is 3. The SMILES string of the molecule is CC(NC1CCN(C)CC1)c1cn[nH]c1. The molecule has 0 saturated carbocycles. The summed E-state index contributed by atoms with van der Waals surface area (Å²) in [6, 6.07) is 1.06. The quantitative estimate of drug-likeness (QED) is 0.783. The van der Waals surface area contributed by atoms with Crippen LogP contribution in [0, 0.1) is 0 Å². The first kappa shape index (κ1) is 10.6. The number of H-pyrrole nitrogens is 1. The van der Waals surface area contributed by atoms with Crippen LogP contribution in [0.1, 0.15) is 31.4 Å². The Kier molecular flexibility index (Phi) is 3.38. The molecule has 4 nitrogen and oxygen atoms in total. The first-order valence-corrected chi connectivity index (χ1v) is 5.69. The topological polar surface area (TPSA) is 44.0 Å². The Morgan fingerprint density at radius 3 is 2.87 bits per heavy atom. The van der Waals surface area contributed by atoms with Gasteiger partial charge in [0.1, 0.15) is 0 Å². The number of hydrogen-bond acceptors (Lipinski definition) is 3. The van der Waals surface area contributed by atoms with E-state index < -0.39 is 0 Å². The highest BCUT2D eigenvalue weighted by molar-refractivity contribution is 5.08. The van der Waals surface area contributed by atoms with Crippen molar-refractivity contribution in [3.63, 3.8) is 0 Å². The van der Waals surface area contributed by atoms with Gasteiger partial charge in [-0.25, -0.2) is 0 Å². The van der Waals surface area contributed by atoms with Crippen LogP contribution in [0.5, 0.6) is 0 Å². The molecule has 1 aliphatic rings. The summed E-state index contributed by atoms with van der Waals surface area (Å²) >= 11 is 0. The standard InChI is InChI=1S/C11H20N4/c1-9(10-7-12-13-8-10)14-11-3-5-15(2)6-4-11/h7-9,11,14H,3-6H2,1-2H3,(H,12,13). The number of nitrogens with zero attached hydrogens (tertiary/aromatic N) is 2. The summed E-state index contributed by atoms with van der Waals surface area (Å²) in [7, 11) is 2.19. The Hall–Kier alpha value is -0.870. The first-order valence-electron chi connectivity index (χ1n) is 5.69. The van der Waals surface area contributed by atoms with Crippen molar-refractivity contribution in [3.05, 3.63) is 18.0 Å². The lowest BCUT2D eigenvalue weighted by Crippen LogP contribution is -2.41. The smallest absolute Gasteiger partial charge is 0.0534 e. The summed E-state index contributed by atoms with van der Waals surface area (Å²) in [6.45, 7) is 4.61. The molecule has 84 valence electrons. The van der Waals surface area contributed by atoms with Crippen molar-refractivity contribution in [3.8, 4) is 0 Å². The predicted molar refractivity (Wildman–Crippen MR) is 60.7 cm³/mol. The van der Waals surface area contributed by atoms with Gasteiger partial charge in [0.25, 0.3) is 0 Å². The Labute approximate surface area is 91.1 Å². The predicted octanol–water partition coefficient (Wildman–Crippen LogP) is 1.15. The monoisotopic (exact) mass is 208 g/mol. The van der Waals surface area contributed by atoms with Crippen molar-refractivity contribution in [2.24, 2.45) is 0 Å². The fraction of sp³-hybridized carbons (Fsp3) is 0.727. The van der Waals surface area contributed by atoms with Gasteiger partial charge in [0.05, 0.1) is 6.20 Å². The van der Waals surface area contributed by atoms with Gasteiger partial charge in [-0.05, 0) is 39.9 Å². The van der Waals surface area contributed by atoms with Crippen molar-refractivity contribution in [2.75, 3.05) is 20.1 Å². The van der Waals surface area contributed by atoms with Gasteiger partial charge in [0.15, 0.2) is 0 Å². The van der Waals surface area contributed by atoms with E-state index in [1.807, 2.05) is 12.4 Å². The lowest BCUT2D eigenvalue weighted by Gasteiger charge is -2.31. The Bertz CT molecular complexity index is 275. The molecule has 1 saturated heterocycles. The lowest BCUT2D eigenvalue weighted by molar-refractivity contribution is 0.226. The third-order valence-corrected chi connectivity index (χ3v) is 3.22. The molecule has 0 bridgehead atoms. The normalized spacial score (nSPS) is 21.7. The number of hydrogen-bond donors (Lipinski definition) is 2. The number of aromatic amines is 1. The molecule has 1 fully saturated rings. The summed E-state index contributed by atoms with van der Waals surface area (Å²) in [5.74, 6) is 0. The maximum absolute atomic E-state index is 3.98. The highest BCUT2D eigenvalue weighted by atomic mass is 15.1. The second kappa shape index (κ2) is 4.77. The molecule has 15 heavy (non-hydrogen) atoms. The summed E-state index contributed by atoms with van der Waals surface area (Å²) in [5.41, 5.74) is 1.24. The second-order valence-corrected chi connectivity index (χ2v) is 4.50. The van der Waals surface area contributed by atoms with E-state index >= 15 is 0 Å². The van der Waals surface area contributed by atoms with Gasteiger partial charge in [-0.3, -0.25) is 5.10 Å². The molecule has 4 heteroatoms. The Balaban J connectivity index is 1.82. The molecule has 2 rings (SSSR count). The van der Waals surface area contributed by atoms with Crippen molar-refractivity contribution in [1.82, 2.24) is 20.4 Å².